The van der Waals surface area contributed by atoms with Gasteiger partial charge in [0, 0.05) is 24.5 Å². The first-order valence-electron chi connectivity index (χ1n) is 5.31. The summed E-state index contributed by atoms with van der Waals surface area (Å²) in [6, 6.07) is 2.61. The second-order valence-electron chi connectivity index (χ2n) is 4.32. The molecule has 1 aromatic rings. The highest BCUT2D eigenvalue weighted by molar-refractivity contribution is 4.96. The fraction of sp³-hybridized carbons (Fsp3) is 0.727. The number of nitrogens with one attached hydrogen (secondary N) is 1. The molecule has 1 N–H and O–H groups in total. The Labute approximate surface area is 86.5 Å². The second-order valence-corrected chi connectivity index (χ2v) is 4.32. The second kappa shape index (κ2) is 5.15. The Bertz CT molecular complexity index is 265. The number of aromatic nitrogens is 2. The van der Waals surface area contributed by atoms with Crippen LogP contribution in [0.2, 0.25) is 0 Å². The molecule has 0 amide bonds. The molecular weight excluding hydrogens is 174 g/mol. The molecule has 0 bridgehead atoms. The van der Waals surface area contributed by atoms with Gasteiger partial charge in [-0.2, -0.15) is 5.10 Å². The highest BCUT2D eigenvalue weighted by Gasteiger charge is 2.05. The van der Waals surface area contributed by atoms with Crippen LogP contribution in [0.4, 0.5) is 0 Å². The van der Waals surface area contributed by atoms with Gasteiger partial charge < -0.3 is 5.32 Å². The Morgan fingerprint density at radius 1 is 1.43 bits per heavy atom. The Morgan fingerprint density at radius 3 is 2.64 bits per heavy atom. The van der Waals surface area contributed by atoms with E-state index in [-0.39, 0.29) is 0 Å². The molecule has 1 atom stereocenters. The van der Waals surface area contributed by atoms with E-state index in [1.807, 2.05) is 12.3 Å². The van der Waals surface area contributed by atoms with Crippen LogP contribution < -0.4 is 5.32 Å². The number of hydrogen-bond acceptors (Lipinski definition) is 2. The predicted molar refractivity (Wildman–Crippen MR) is 59.3 cm³/mol. The van der Waals surface area contributed by atoms with E-state index in [4.69, 9.17) is 0 Å². The molecule has 0 saturated carbocycles. The molecule has 0 fully saturated rings. The van der Waals surface area contributed by atoms with Crippen LogP contribution in [0, 0.1) is 12.8 Å². The molecule has 1 rings (SSSR count). The van der Waals surface area contributed by atoms with Crippen molar-refractivity contribution in [2.75, 3.05) is 6.54 Å². The number of nitrogens with zero attached hydrogens (tertiary/aromatic N) is 2. The molecule has 1 unspecified atom stereocenters. The fourth-order valence-electron chi connectivity index (χ4n) is 1.39. The van der Waals surface area contributed by atoms with Crippen LogP contribution in [0.1, 0.15) is 26.5 Å². The lowest BCUT2D eigenvalue weighted by molar-refractivity contribution is 0.402. The van der Waals surface area contributed by atoms with E-state index in [9.17, 15) is 0 Å². The molecular formula is C11H21N3. The summed E-state index contributed by atoms with van der Waals surface area (Å²) in [6.45, 7) is 10.7. The van der Waals surface area contributed by atoms with Gasteiger partial charge in [-0.15, -0.1) is 0 Å². The Morgan fingerprint density at radius 2 is 2.14 bits per heavy atom. The van der Waals surface area contributed by atoms with Crippen LogP contribution in [0.3, 0.4) is 0 Å². The van der Waals surface area contributed by atoms with Crippen molar-refractivity contribution in [3.63, 3.8) is 0 Å². The van der Waals surface area contributed by atoms with Gasteiger partial charge in [0.2, 0.25) is 0 Å². The van der Waals surface area contributed by atoms with Gasteiger partial charge in [0.05, 0.1) is 0 Å². The number of rotatable bonds is 5. The summed E-state index contributed by atoms with van der Waals surface area (Å²) in [4.78, 5) is 0. The molecule has 14 heavy (non-hydrogen) atoms. The molecule has 80 valence electrons. The van der Waals surface area contributed by atoms with Crippen molar-refractivity contribution in [2.45, 2.75) is 40.3 Å². The number of aryl methyl sites for hydroxylation is 1. The normalized spacial score (nSPS) is 13.5. The third kappa shape index (κ3) is 3.50. The summed E-state index contributed by atoms with van der Waals surface area (Å²) in [5, 5.41) is 7.71. The van der Waals surface area contributed by atoms with Crippen LogP contribution in [0.25, 0.3) is 0 Å². The lowest BCUT2D eigenvalue weighted by Crippen LogP contribution is -2.30. The van der Waals surface area contributed by atoms with E-state index in [0.717, 1.165) is 13.1 Å². The van der Waals surface area contributed by atoms with E-state index in [0.29, 0.717) is 12.0 Å². The molecule has 0 saturated heterocycles. The van der Waals surface area contributed by atoms with Gasteiger partial charge in [-0.3, -0.25) is 4.68 Å². The summed E-state index contributed by atoms with van der Waals surface area (Å²) >= 11 is 0. The van der Waals surface area contributed by atoms with Crippen LogP contribution in [-0.4, -0.2) is 22.4 Å². The fourth-order valence-corrected chi connectivity index (χ4v) is 1.39. The van der Waals surface area contributed by atoms with Crippen molar-refractivity contribution < 1.29 is 0 Å². The summed E-state index contributed by atoms with van der Waals surface area (Å²) < 4.78 is 2.06. The maximum absolute atomic E-state index is 4.27. The molecule has 0 aliphatic rings. The zero-order valence-electron chi connectivity index (χ0n) is 9.62. The summed E-state index contributed by atoms with van der Waals surface area (Å²) in [7, 11) is 0. The van der Waals surface area contributed by atoms with Crippen molar-refractivity contribution in [3.05, 3.63) is 18.0 Å². The lowest BCUT2D eigenvalue weighted by atomic mass is 10.1. The molecule has 1 aromatic heterocycles. The van der Waals surface area contributed by atoms with Gasteiger partial charge in [0.25, 0.3) is 0 Å². The summed E-state index contributed by atoms with van der Waals surface area (Å²) in [5.74, 6) is 0.621. The van der Waals surface area contributed by atoms with Gasteiger partial charge >= 0.3 is 0 Å². The first-order chi connectivity index (χ1) is 6.59. The number of hydrogen-bond donors (Lipinski definition) is 1. The first kappa shape index (κ1) is 11.2. The minimum atomic E-state index is 0.566. The van der Waals surface area contributed by atoms with Crippen molar-refractivity contribution >= 4 is 0 Å². The van der Waals surface area contributed by atoms with E-state index in [1.165, 1.54) is 5.69 Å². The molecule has 0 aliphatic carbocycles. The Balaban J connectivity index is 2.34. The topological polar surface area (TPSA) is 29.9 Å². The van der Waals surface area contributed by atoms with Crippen LogP contribution in [-0.2, 0) is 6.54 Å². The van der Waals surface area contributed by atoms with Gasteiger partial charge in [0.1, 0.15) is 0 Å². The highest BCUT2D eigenvalue weighted by atomic mass is 15.3. The monoisotopic (exact) mass is 195 g/mol. The Kier molecular flexibility index (Phi) is 4.14. The quantitative estimate of drug-likeness (QED) is 0.776. The zero-order chi connectivity index (χ0) is 10.6. The van der Waals surface area contributed by atoms with Crippen molar-refractivity contribution in [2.24, 2.45) is 5.92 Å². The molecule has 3 heteroatoms. The molecule has 3 nitrogen and oxygen atoms in total. The summed E-state index contributed by atoms with van der Waals surface area (Å²) in [6.07, 6.45) is 1.86. The highest BCUT2D eigenvalue weighted by Crippen LogP contribution is 2.02. The van der Waals surface area contributed by atoms with E-state index in [1.54, 1.807) is 0 Å². The minimum absolute atomic E-state index is 0.566. The van der Waals surface area contributed by atoms with Crippen LogP contribution >= 0.6 is 0 Å². The smallest absolute Gasteiger partial charge is 0.0492 e. The van der Waals surface area contributed by atoms with Gasteiger partial charge in [-0.05, 0) is 25.5 Å². The maximum Gasteiger partial charge on any atom is 0.0492 e. The molecule has 0 aromatic carbocycles. The van der Waals surface area contributed by atoms with Crippen LogP contribution in [0.15, 0.2) is 12.3 Å². The minimum Gasteiger partial charge on any atom is -0.314 e. The maximum atomic E-state index is 4.27. The van der Waals surface area contributed by atoms with E-state index < -0.39 is 0 Å². The zero-order valence-corrected chi connectivity index (χ0v) is 9.62. The molecule has 1 heterocycles. The van der Waals surface area contributed by atoms with E-state index >= 15 is 0 Å². The lowest BCUT2D eigenvalue weighted by Gasteiger charge is -2.15. The van der Waals surface area contributed by atoms with Crippen LogP contribution in [0.5, 0.6) is 0 Å². The van der Waals surface area contributed by atoms with Crippen molar-refractivity contribution in [3.8, 4) is 0 Å². The van der Waals surface area contributed by atoms with E-state index in [2.05, 4.69) is 42.8 Å². The first-order valence-corrected chi connectivity index (χ1v) is 5.31. The molecule has 0 spiro atoms. The van der Waals surface area contributed by atoms with Gasteiger partial charge in [-0.1, -0.05) is 20.8 Å². The molecule has 0 radical (unpaired) electrons. The van der Waals surface area contributed by atoms with Crippen molar-refractivity contribution in [1.29, 1.82) is 0 Å². The largest absolute Gasteiger partial charge is 0.314 e. The van der Waals surface area contributed by atoms with Gasteiger partial charge in [0.15, 0.2) is 0 Å². The average Bonchev–Trinajstić information content (AvgIpc) is 2.49. The molecule has 0 aliphatic heterocycles. The Hall–Kier alpha value is -0.830. The third-order valence-corrected chi connectivity index (χ3v) is 2.29. The standard InChI is InChI=1S/C11H21N3/c1-9(2)12-7-10(3)8-14-11(4)5-6-13-14/h5-6,9-10,12H,7-8H2,1-4H3. The predicted octanol–water partition coefficient (Wildman–Crippen LogP) is 1.83. The van der Waals surface area contributed by atoms with Crippen molar-refractivity contribution in [1.82, 2.24) is 15.1 Å². The SMILES string of the molecule is Cc1ccnn1CC(C)CNC(C)C. The third-order valence-electron chi connectivity index (χ3n) is 2.29. The summed E-state index contributed by atoms with van der Waals surface area (Å²) in [5.41, 5.74) is 1.24. The average molecular weight is 195 g/mol. The van der Waals surface area contributed by atoms with Gasteiger partial charge in [-0.25, -0.2) is 0 Å².